The predicted molar refractivity (Wildman–Crippen MR) is 86.9 cm³/mol. The van der Waals surface area contributed by atoms with E-state index in [9.17, 15) is 0 Å². The zero-order valence-electron chi connectivity index (χ0n) is 13.2. The van der Waals surface area contributed by atoms with E-state index in [1.165, 1.54) is 23.5 Å². The molecule has 0 unspecified atom stereocenters. The lowest BCUT2D eigenvalue weighted by atomic mass is 10.1. The van der Waals surface area contributed by atoms with Crippen molar-refractivity contribution in [3.8, 4) is 0 Å². The largest absolute Gasteiger partial charge is 0.311 e. The summed E-state index contributed by atoms with van der Waals surface area (Å²) in [6.45, 7) is 17.1. The number of nitrogens with zero attached hydrogens (tertiary/aromatic N) is 1. The highest BCUT2D eigenvalue weighted by Crippen LogP contribution is 2.14. The number of thiophene rings is 1. The van der Waals surface area contributed by atoms with Gasteiger partial charge in [0.1, 0.15) is 0 Å². The highest BCUT2D eigenvalue weighted by molar-refractivity contribution is 7.10. The van der Waals surface area contributed by atoms with Gasteiger partial charge in [0.05, 0.1) is 0 Å². The van der Waals surface area contributed by atoms with Crippen molar-refractivity contribution >= 4 is 11.3 Å². The molecule has 1 aromatic heterocycles. The van der Waals surface area contributed by atoms with E-state index in [4.69, 9.17) is 0 Å². The summed E-state index contributed by atoms with van der Waals surface area (Å²) in [5.41, 5.74) is 1.42. The summed E-state index contributed by atoms with van der Waals surface area (Å²) in [6.07, 6.45) is 0. The first-order valence-corrected chi connectivity index (χ1v) is 8.33. The normalized spacial score (nSPS) is 12.0. The fourth-order valence-electron chi connectivity index (χ4n) is 2.31. The topological polar surface area (TPSA) is 15.3 Å². The Balaban J connectivity index is 2.25. The molecule has 1 heterocycles. The maximum Gasteiger partial charge on any atom is 0.0302 e. The second kappa shape index (κ2) is 8.72. The van der Waals surface area contributed by atoms with Crippen molar-refractivity contribution in [2.24, 2.45) is 11.8 Å². The van der Waals surface area contributed by atoms with E-state index in [0.717, 1.165) is 31.5 Å². The van der Waals surface area contributed by atoms with Crippen LogP contribution >= 0.6 is 11.3 Å². The number of hydrogen-bond donors (Lipinski definition) is 1. The molecule has 110 valence electrons. The van der Waals surface area contributed by atoms with Crippen LogP contribution in [0, 0.1) is 18.8 Å². The van der Waals surface area contributed by atoms with Crippen molar-refractivity contribution in [1.29, 1.82) is 0 Å². The zero-order valence-corrected chi connectivity index (χ0v) is 14.0. The summed E-state index contributed by atoms with van der Waals surface area (Å²) < 4.78 is 0. The van der Waals surface area contributed by atoms with E-state index in [2.05, 4.69) is 56.3 Å². The molecule has 3 heteroatoms. The highest BCUT2D eigenvalue weighted by atomic mass is 32.1. The highest BCUT2D eigenvalue weighted by Gasteiger charge is 2.09. The Labute approximate surface area is 123 Å². The third kappa shape index (κ3) is 7.09. The van der Waals surface area contributed by atoms with Gasteiger partial charge in [-0.25, -0.2) is 0 Å². The van der Waals surface area contributed by atoms with Crippen molar-refractivity contribution in [1.82, 2.24) is 10.2 Å². The monoisotopic (exact) mass is 282 g/mol. The third-order valence-corrected chi connectivity index (χ3v) is 4.13. The van der Waals surface area contributed by atoms with Gasteiger partial charge in [0.15, 0.2) is 0 Å². The molecule has 0 saturated carbocycles. The minimum atomic E-state index is 0.748. The predicted octanol–water partition coefficient (Wildman–Crippen LogP) is 3.76. The Morgan fingerprint density at radius 1 is 1.16 bits per heavy atom. The molecule has 0 atom stereocenters. The Kier molecular flexibility index (Phi) is 7.66. The molecule has 1 aromatic rings. The molecule has 0 amide bonds. The summed E-state index contributed by atoms with van der Waals surface area (Å²) in [7, 11) is 0. The molecule has 0 fully saturated rings. The molecule has 0 aliphatic rings. The van der Waals surface area contributed by atoms with Crippen molar-refractivity contribution in [3.05, 3.63) is 21.9 Å². The average Bonchev–Trinajstić information content (AvgIpc) is 2.68. The maximum absolute atomic E-state index is 3.57. The van der Waals surface area contributed by atoms with Crippen molar-refractivity contribution in [3.63, 3.8) is 0 Å². The molecule has 0 spiro atoms. The van der Waals surface area contributed by atoms with Gasteiger partial charge < -0.3 is 10.2 Å². The van der Waals surface area contributed by atoms with Crippen LogP contribution in [0.5, 0.6) is 0 Å². The van der Waals surface area contributed by atoms with Gasteiger partial charge in [0.2, 0.25) is 0 Å². The molecule has 1 N–H and O–H groups in total. The van der Waals surface area contributed by atoms with Crippen LogP contribution in [0.15, 0.2) is 11.4 Å². The van der Waals surface area contributed by atoms with Gasteiger partial charge >= 0.3 is 0 Å². The van der Waals surface area contributed by atoms with Crippen LogP contribution in [0.3, 0.4) is 0 Å². The molecular formula is C16H30N2S. The molecule has 1 rings (SSSR count). The van der Waals surface area contributed by atoms with Crippen LogP contribution in [0.4, 0.5) is 0 Å². The second-order valence-corrected chi connectivity index (χ2v) is 7.25. The van der Waals surface area contributed by atoms with E-state index in [-0.39, 0.29) is 0 Å². The maximum atomic E-state index is 3.57. The zero-order chi connectivity index (χ0) is 14.3. The molecule has 2 nitrogen and oxygen atoms in total. The van der Waals surface area contributed by atoms with Crippen LogP contribution < -0.4 is 5.32 Å². The summed E-state index contributed by atoms with van der Waals surface area (Å²) >= 11 is 1.85. The van der Waals surface area contributed by atoms with Gasteiger partial charge in [-0.1, -0.05) is 27.7 Å². The lowest BCUT2D eigenvalue weighted by Gasteiger charge is -2.26. The van der Waals surface area contributed by atoms with E-state index in [1.807, 2.05) is 11.3 Å². The van der Waals surface area contributed by atoms with Gasteiger partial charge in [0, 0.05) is 37.6 Å². The SMILES string of the molecule is Cc1ccsc1CNCCN(CC(C)C)CC(C)C. The molecule has 0 bridgehead atoms. The molecule has 0 aliphatic heterocycles. The number of nitrogens with one attached hydrogen (secondary N) is 1. The summed E-state index contributed by atoms with van der Waals surface area (Å²) in [6, 6.07) is 2.20. The van der Waals surface area contributed by atoms with Crippen LogP contribution in [0.1, 0.15) is 38.1 Å². The smallest absolute Gasteiger partial charge is 0.0302 e. The van der Waals surface area contributed by atoms with Gasteiger partial charge in [-0.15, -0.1) is 11.3 Å². The molecular weight excluding hydrogens is 252 g/mol. The molecule has 19 heavy (non-hydrogen) atoms. The van der Waals surface area contributed by atoms with E-state index >= 15 is 0 Å². The third-order valence-electron chi connectivity index (χ3n) is 3.11. The van der Waals surface area contributed by atoms with Crippen molar-refractivity contribution < 1.29 is 0 Å². The molecule has 0 radical (unpaired) electrons. The van der Waals surface area contributed by atoms with Crippen LogP contribution in [0.2, 0.25) is 0 Å². The lowest BCUT2D eigenvalue weighted by Crippen LogP contribution is -2.36. The fourth-order valence-corrected chi connectivity index (χ4v) is 3.19. The number of rotatable bonds is 9. The second-order valence-electron chi connectivity index (χ2n) is 6.25. The van der Waals surface area contributed by atoms with Crippen LogP contribution in [-0.2, 0) is 6.54 Å². The first-order chi connectivity index (χ1) is 8.99. The van der Waals surface area contributed by atoms with Gasteiger partial charge in [-0.3, -0.25) is 0 Å². The Hall–Kier alpha value is -0.380. The minimum Gasteiger partial charge on any atom is -0.311 e. The first-order valence-electron chi connectivity index (χ1n) is 7.45. The Morgan fingerprint density at radius 2 is 1.79 bits per heavy atom. The quantitative estimate of drug-likeness (QED) is 0.694. The van der Waals surface area contributed by atoms with Gasteiger partial charge in [-0.05, 0) is 35.8 Å². The van der Waals surface area contributed by atoms with Gasteiger partial charge in [-0.2, -0.15) is 0 Å². The Bertz CT molecular complexity index is 334. The van der Waals surface area contributed by atoms with Crippen LogP contribution in [0.25, 0.3) is 0 Å². The first kappa shape index (κ1) is 16.7. The number of aryl methyl sites for hydroxylation is 1. The summed E-state index contributed by atoms with van der Waals surface area (Å²) in [4.78, 5) is 4.06. The van der Waals surface area contributed by atoms with Gasteiger partial charge in [0.25, 0.3) is 0 Å². The standard InChI is InChI=1S/C16H30N2S/c1-13(2)11-18(12-14(3)4)8-7-17-10-16-15(5)6-9-19-16/h6,9,13-14,17H,7-8,10-12H2,1-5H3. The minimum absolute atomic E-state index is 0.748. The van der Waals surface area contributed by atoms with Crippen molar-refractivity contribution in [2.75, 3.05) is 26.2 Å². The lowest BCUT2D eigenvalue weighted by molar-refractivity contribution is 0.219. The molecule has 0 aromatic carbocycles. The van der Waals surface area contributed by atoms with Crippen molar-refractivity contribution in [2.45, 2.75) is 41.2 Å². The summed E-state index contributed by atoms with van der Waals surface area (Å²) in [5.74, 6) is 1.50. The molecule has 0 saturated heterocycles. The fraction of sp³-hybridized carbons (Fsp3) is 0.750. The molecule has 0 aliphatic carbocycles. The van der Waals surface area contributed by atoms with E-state index in [1.54, 1.807) is 0 Å². The van der Waals surface area contributed by atoms with E-state index in [0.29, 0.717) is 0 Å². The average molecular weight is 282 g/mol. The summed E-state index contributed by atoms with van der Waals surface area (Å²) in [5, 5.41) is 5.75. The Morgan fingerprint density at radius 3 is 2.26 bits per heavy atom. The van der Waals surface area contributed by atoms with E-state index < -0.39 is 0 Å². The number of hydrogen-bond acceptors (Lipinski definition) is 3. The van der Waals surface area contributed by atoms with Crippen LogP contribution in [-0.4, -0.2) is 31.1 Å².